The Balaban J connectivity index is 1.84. The SMILES string of the molecule is CCC(CCCSc1ccccc1Br)(NC1CC1)C(=O)O. The van der Waals surface area contributed by atoms with Gasteiger partial charge in [-0.25, -0.2) is 0 Å². The van der Waals surface area contributed by atoms with E-state index in [9.17, 15) is 9.90 Å². The fourth-order valence-corrected chi connectivity index (χ4v) is 3.92. The van der Waals surface area contributed by atoms with Crippen LogP contribution in [0.5, 0.6) is 0 Å². The van der Waals surface area contributed by atoms with Crippen molar-refractivity contribution in [1.29, 1.82) is 0 Å². The predicted octanol–water partition coefficient (Wildman–Crippen LogP) is 4.31. The molecule has 0 radical (unpaired) electrons. The predicted molar refractivity (Wildman–Crippen MR) is 90.9 cm³/mol. The van der Waals surface area contributed by atoms with Gasteiger partial charge in [0.1, 0.15) is 5.54 Å². The van der Waals surface area contributed by atoms with Crippen LogP contribution in [-0.2, 0) is 4.79 Å². The first-order chi connectivity index (χ1) is 10.1. The number of halogens is 1. The first kappa shape index (κ1) is 16.8. The van der Waals surface area contributed by atoms with Crippen LogP contribution in [0, 0.1) is 0 Å². The normalized spacial score (nSPS) is 17.4. The van der Waals surface area contributed by atoms with E-state index in [2.05, 4.69) is 27.3 Å². The van der Waals surface area contributed by atoms with Gasteiger partial charge in [-0.15, -0.1) is 11.8 Å². The number of benzene rings is 1. The molecule has 0 heterocycles. The van der Waals surface area contributed by atoms with Crippen LogP contribution in [-0.4, -0.2) is 28.4 Å². The van der Waals surface area contributed by atoms with Crippen LogP contribution < -0.4 is 5.32 Å². The second-order valence-corrected chi connectivity index (χ2v) is 7.53. The summed E-state index contributed by atoms with van der Waals surface area (Å²) in [6.45, 7) is 1.96. The highest BCUT2D eigenvalue weighted by atomic mass is 79.9. The molecule has 2 N–H and O–H groups in total. The van der Waals surface area contributed by atoms with Crippen molar-refractivity contribution in [1.82, 2.24) is 5.32 Å². The Hall–Kier alpha value is -0.520. The molecule has 5 heteroatoms. The topological polar surface area (TPSA) is 49.3 Å². The molecule has 0 aromatic heterocycles. The maximum Gasteiger partial charge on any atom is 0.323 e. The van der Waals surface area contributed by atoms with Crippen molar-refractivity contribution in [3.05, 3.63) is 28.7 Å². The van der Waals surface area contributed by atoms with Gasteiger partial charge < -0.3 is 5.11 Å². The smallest absolute Gasteiger partial charge is 0.323 e. The molecule has 1 atom stereocenters. The number of hydrogen-bond acceptors (Lipinski definition) is 3. The van der Waals surface area contributed by atoms with Gasteiger partial charge in [0.25, 0.3) is 0 Å². The lowest BCUT2D eigenvalue weighted by atomic mass is 9.90. The first-order valence-electron chi connectivity index (χ1n) is 7.46. The van der Waals surface area contributed by atoms with Crippen molar-refractivity contribution in [2.45, 2.75) is 55.5 Å². The van der Waals surface area contributed by atoms with Crippen LogP contribution in [0.25, 0.3) is 0 Å². The van der Waals surface area contributed by atoms with Crippen molar-refractivity contribution in [2.75, 3.05) is 5.75 Å². The van der Waals surface area contributed by atoms with Crippen molar-refractivity contribution in [3.8, 4) is 0 Å². The van der Waals surface area contributed by atoms with E-state index in [4.69, 9.17) is 0 Å². The lowest BCUT2D eigenvalue weighted by Gasteiger charge is -2.29. The minimum absolute atomic E-state index is 0.414. The molecule has 21 heavy (non-hydrogen) atoms. The van der Waals surface area contributed by atoms with Gasteiger partial charge >= 0.3 is 5.97 Å². The van der Waals surface area contributed by atoms with E-state index in [0.717, 1.165) is 29.5 Å². The summed E-state index contributed by atoms with van der Waals surface area (Å²) < 4.78 is 1.10. The van der Waals surface area contributed by atoms with Crippen LogP contribution in [0.2, 0.25) is 0 Å². The van der Waals surface area contributed by atoms with E-state index in [0.29, 0.717) is 18.9 Å². The zero-order chi connectivity index (χ0) is 15.3. The summed E-state index contributed by atoms with van der Waals surface area (Å²) in [7, 11) is 0. The van der Waals surface area contributed by atoms with Gasteiger partial charge in [0, 0.05) is 15.4 Å². The molecule has 116 valence electrons. The van der Waals surface area contributed by atoms with Crippen molar-refractivity contribution >= 4 is 33.7 Å². The van der Waals surface area contributed by atoms with E-state index in [1.165, 1.54) is 4.90 Å². The zero-order valence-electron chi connectivity index (χ0n) is 12.3. The Kier molecular flexibility index (Phi) is 6.14. The van der Waals surface area contributed by atoms with E-state index in [-0.39, 0.29) is 0 Å². The average Bonchev–Trinajstić information content (AvgIpc) is 3.27. The molecule has 1 aromatic carbocycles. The third kappa shape index (κ3) is 4.73. The lowest BCUT2D eigenvalue weighted by Crippen LogP contribution is -2.52. The highest BCUT2D eigenvalue weighted by Gasteiger charge is 2.40. The molecule has 0 bridgehead atoms. The van der Waals surface area contributed by atoms with Crippen LogP contribution in [0.3, 0.4) is 0 Å². The fourth-order valence-electron chi connectivity index (χ4n) is 2.41. The molecular formula is C16H22BrNO2S. The molecule has 1 saturated carbocycles. The summed E-state index contributed by atoms with van der Waals surface area (Å²) in [4.78, 5) is 12.9. The quantitative estimate of drug-likeness (QED) is 0.501. The van der Waals surface area contributed by atoms with Gasteiger partial charge in [0.05, 0.1) is 0 Å². The number of carbonyl (C=O) groups is 1. The number of hydrogen-bond donors (Lipinski definition) is 2. The van der Waals surface area contributed by atoms with Gasteiger partial charge in [-0.3, -0.25) is 10.1 Å². The largest absolute Gasteiger partial charge is 0.480 e. The third-order valence-electron chi connectivity index (χ3n) is 3.91. The number of carboxylic acid groups (broad SMARTS) is 1. The Morgan fingerprint density at radius 1 is 1.48 bits per heavy atom. The van der Waals surface area contributed by atoms with Crippen LogP contribution in [0.4, 0.5) is 0 Å². The van der Waals surface area contributed by atoms with Gasteiger partial charge in [0.15, 0.2) is 0 Å². The summed E-state index contributed by atoms with van der Waals surface area (Å²) in [6, 6.07) is 8.55. The Morgan fingerprint density at radius 3 is 2.76 bits per heavy atom. The fraction of sp³-hybridized carbons (Fsp3) is 0.562. The minimum Gasteiger partial charge on any atom is -0.480 e. The molecule has 1 aliphatic carbocycles. The van der Waals surface area contributed by atoms with Crippen LogP contribution in [0.15, 0.2) is 33.6 Å². The highest BCUT2D eigenvalue weighted by molar-refractivity contribution is 9.10. The molecule has 2 rings (SSSR count). The second kappa shape index (κ2) is 7.65. The van der Waals surface area contributed by atoms with Gasteiger partial charge in [-0.2, -0.15) is 0 Å². The molecule has 3 nitrogen and oxygen atoms in total. The molecular weight excluding hydrogens is 350 g/mol. The van der Waals surface area contributed by atoms with E-state index in [1.54, 1.807) is 11.8 Å². The number of aliphatic carboxylic acids is 1. The molecule has 1 unspecified atom stereocenters. The number of carboxylic acids is 1. The van der Waals surface area contributed by atoms with Crippen LogP contribution in [0.1, 0.15) is 39.0 Å². The molecule has 0 aliphatic heterocycles. The first-order valence-corrected chi connectivity index (χ1v) is 9.23. The summed E-state index contributed by atoms with van der Waals surface area (Å²) in [5, 5.41) is 12.9. The van der Waals surface area contributed by atoms with Crippen molar-refractivity contribution in [2.24, 2.45) is 0 Å². The van der Waals surface area contributed by atoms with Crippen molar-refractivity contribution < 1.29 is 9.90 Å². The minimum atomic E-state index is -0.740. The summed E-state index contributed by atoms with van der Waals surface area (Å²) >= 11 is 5.32. The van der Waals surface area contributed by atoms with E-state index >= 15 is 0 Å². The lowest BCUT2D eigenvalue weighted by molar-refractivity contribution is -0.145. The van der Waals surface area contributed by atoms with Gasteiger partial charge in [-0.05, 0) is 65.9 Å². The molecule has 0 spiro atoms. The summed E-state index contributed by atoms with van der Waals surface area (Å²) in [5.41, 5.74) is -0.740. The Morgan fingerprint density at radius 2 is 2.19 bits per heavy atom. The molecule has 0 amide bonds. The van der Waals surface area contributed by atoms with Crippen molar-refractivity contribution in [3.63, 3.8) is 0 Å². The van der Waals surface area contributed by atoms with E-state index in [1.807, 2.05) is 25.1 Å². The number of thioether (sulfide) groups is 1. The summed E-state index contributed by atoms with van der Waals surface area (Å²) in [5.74, 6) is 0.229. The maximum atomic E-state index is 11.7. The molecule has 1 aromatic rings. The number of rotatable bonds is 9. The zero-order valence-corrected chi connectivity index (χ0v) is 14.7. The molecule has 1 fully saturated rings. The average molecular weight is 372 g/mol. The standard InChI is InChI=1S/C16H22BrNO2S/c1-2-16(15(19)20,18-12-8-9-12)10-5-11-21-14-7-4-3-6-13(14)17/h3-4,6-7,12,18H,2,5,8-11H2,1H3,(H,19,20). The van der Waals surface area contributed by atoms with Gasteiger partial charge in [0.2, 0.25) is 0 Å². The monoisotopic (exact) mass is 371 g/mol. The maximum absolute atomic E-state index is 11.7. The Labute approximate surface area is 139 Å². The third-order valence-corrected chi connectivity index (χ3v) is 6.03. The van der Waals surface area contributed by atoms with E-state index < -0.39 is 11.5 Å². The van der Waals surface area contributed by atoms with Gasteiger partial charge in [-0.1, -0.05) is 19.1 Å². The summed E-state index contributed by atoms with van der Waals surface area (Å²) in [6.07, 6.45) is 4.44. The second-order valence-electron chi connectivity index (χ2n) is 5.54. The van der Waals surface area contributed by atoms with Crippen LogP contribution >= 0.6 is 27.7 Å². The Bertz CT molecular complexity index is 493. The highest BCUT2D eigenvalue weighted by Crippen LogP contribution is 2.30. The molecule has 1 aliphatic rings. The molecule has 0 saturated heterocycles. The number of nitrogens with one attached hydrogen (secondary N) is 1.